The van der Waals surface area contributed by atoms with E-state index >= 15 is 0 Å². The number of hydrogen-bond acceptors (Lipinski definition) is 1. The lowest BCUT2D eigenvalue weighted by molar-refractivity contribution is -0.128. The molecule has 0 N–H and O–H groups in total. The molecule has 0 aromatic carbocycles. The van der Waals surface area contributed by atoms with Crippen molar-refractivity contribution in [2.75, 3.05) is 6.54 Å². The zero-order valence-corrected chi connectivity index (χ0v) is 9.88. The summed E-state index contributed by atoms with van der Waals surface area (Å²) in [6, 6.07) is 0. The van der Waals surface area contributed by atoms with Crippen LogP contribution in [-0.2, 0) is 4.79 Å². The van der Waals surface area contributed by atoms with Gasteiger partial charge < -0.3 is 4.90 Å². The van der Waals surface area contributed by atoms with Gasteiger partial charge in [0.15, 0.2) is 0 Å². The van der Waals surface area contributed by atoms with Crippen molar-refractivity contribution in [2.24, 2.45) is 5.92 Å². The Bertz CT molecular complexity index is 319. The van der Waals surface area contributed by atoms with Crippen molar-refractivity contribution in [1.29, 1.82) is 0 Å². The monoisotopic (exact) mass is 255 g/mol. The Hall–Kier alpha value is -0.570. The Kier molecular flexibility index (Phi) is 2.77. The van der Waals surface area contributed by atoms with Gasteiger partial charge in [0, 0.05) is 25.1 Å². The highest BCUT2D eigenvalue weighted by atomic mass is 79.9. The summed E-state index contributed by atoms with van der Waals surface area (Å²) >= 11 is 3.52. The fraction of sp³-hybridized carbons (Fsp3) is 0.545. The van der Waals surface area contributed by atoms with E-state index in [1.165, 1.54) is 16.6 Å². The number of allylic oxidation sites excluding steroid dienone is 4. The van der Waals surface area contributed by atoms with Crippen molar-refractivity contribution in [2.45, 2.75) is 26.2 Å². The third-order valence-electron chi connectivity index (χ3n) is 2.92. The van der Waals surface area contributed by atoms with Gasteiger partial charge in [0.05, 0.1) is 0 Å². The number of hydrogen-bond donors (Lipinski definition) is 0. The van der Waals surface area contributed by atoms with E-state index in [9.17, 15) is 4.79 Å². The van der Waals surface area contributed by atoms with Crippen molar-refractivity contribution in [3.63, 3.8) is 0 Å². The molecule has 1 atom stereocenters. The minimum atomic E-state index is 0.173. The zero-order valence-electron chi connectivity index (χ0n) is 8.29. The molecule has 0 aromatic heterocycles. The number of piperidine rings is 1. The number of amides is 1. The maximum atomic E-state index is 11.4. The largest absolute Gasteiger partial charge is 0.316 e. The smallest absolute Gasteiger partial charge is 0.223 e. The summed E-state index contributed by atoms with van der Waals surface area (Å²) in [4.78, 5) is 13.3. The summed E-state index contributed by atoms with van der Waals surface area (Å²) in [5.41, 5.74) is 1.21. The fourth-order valence-electron chi connectivity index (χ4n) is 2.24. The molecule has 2 rings (SSSR count). The number of likely N-dealkylation sites (tertiary alicyclic amines) is 1. The first kappa shape index (κ1) is 9.97. The quantitative estimate of drug-likeness (QED) is 0.652. The summed E-state index contributed by atoms with van der Waals surface area (Å²) in [5, 5.41) is 0. The molecule has 1 saturated heterocycles. The van der Waals surface area contributed by atoms with E-state index in [1.54, 1.807) is 6.92 Å². The molecule has 0 saturated carbocycles. The Morgan fingerprint density at radius 3 is 3.07 bits per heavy atom. The summed E-state index contributed by atoms with van der Waals surface area (Å²) < 4.78 is 1.25. The molecule has 14 heavy (non-hydrogen) atoms. The Balaban J connectivity index is 2.26. The molecular formula is C11H14BrNO. The van der Waals surface area contributed by atoms with Crippen LogP contribution in [0.5, 0.6) is 0 Å². The van der Waals surface area contributed by atoms with Gasteiger partial charge in [0.2, 0.25) is 5.91 Å². The second-order valence-electron chi connectivity index (χ2n) is 3.92. The highest BCUT2D eigenvalue weighted by molar-refractivity contribution is 9.11. The third-order valence-corrected chi connectivity index (χ3v) is 3.51. The molecule has 0 spiro atoms. The fourth-order valence-corrected chi connectivity index (χ4v) is 2.77. The molecule has 1 aliphatic heterocycles. The molecular weight excluding hydrogens is 242 g/mol. The van der Waals surface area contributed by atoms with Crippen molar-refractivity contribution >= 4 is 21.8 Å². The molecule has 1 unspecified atom stereocenters. The van der Waals surface area contributed by atoms with E-state index in [0.29, 0.717) is 5.92 Å². The van der Waals surface area contributed by atoms with Crippen LogP contribution in [-0.4, -0.2) is 17.4 Å². The molecule has 0 bridgehead atoms. The van der Waals surface area contributed by atoms with Crippen LogP contribution in [0.1, 0.15) is 26.2 Å². The van der Waals surface area contributed by atoms with E-state index in [-0.39, 0.29) is 5.91 Å². The van der Waals surface area contributed by atoms with Gasteiger partial charge in [-0.05, 0) is 29.8 Å². The summed E-state index contributed by atoms with van der Waals surface area (Å²) in [6.07, 6.45) is 7.53. The highest BCUT2D eigenvalue weighted by Gasteiger charge is 2.28. The number of carbonyl (C=O) groups excluding carboxylic acids is 1. The van der Waals surface area contributed by atoms with E-state index < -0.39 is 0 Å². The Morgan fingerprint density at radius 2 is 2.36 bits per heavy atom. The number of halogens is 1. The molecule has 1 fully saturated rings. The molecule has 0 radical (unpaired) electrons. The van der Waals surface area contributed by atoms with Gasteiger partial charge in [-0.3, -0.25) is 4.79 Å². The first-order valence-electron chi connectivity index (χ1n) is 5.03. The van der Waals surface area contributed by atoms with Gasteiger partial charge in [-0.1, -0.05) is 22.0 Å². The van der Waals surface area contributed by atoms with Crippen LogP contribution >= 0.6 is 15.9 Å². The minimum absolute atomic E-state index is 0.173. The average molecular weight is 256 g/mol. The number of nitrogens with zero attached hydrogens (tertiary/aromatic N) is 1. The Morgan fingerprint density at radius 1 is 1.57 bits per heavy atom. The van der Waals surface area contributed by atoms with Crippen LogP contribution in [0.2, 0.25) is 0 Å². The van der Waals surface area contributed by atoms with Gasteiger partial charge in [-0.2, -0.15) is 0 Å². The van der Waals surface area contributed by atoms with Crippen LogP contribution in [0.4, 0.5) is 0 Å². The number of fused-ring (bicyclic) bond motifs is 1. The van der Waals surface area contributed by atoms with E-state index in [0.717, 1.165) is 19.4 Å². The molecule has 2 aliphatic rings. The lowest BCUT2D eigenvalue weighted by Gasteiger charge is -2.36. The van der Waals surface area contributed by atoms with Gasteiger partial charge in [0.1, 0.15) is 0 Å². The normalized spacial score (nSPS) is 26.4. The summed E-state index contributed by atoms with van der Waals surface area (Å²) in [7, 11) is 0. The van der Waals surface area contributed by atoms with Gasteiger partial charge in [-0.25, -0.2) is 0 Å². The van der Waals surface area contributed by atoms with Gasteiger partial charge >= 0.3 is 0 Å². The van der Waals surface area contributed by atoms with Crippen molar-refractivity contribution < 1.29 is 4.79 Å². The van der Waals surface area contributed by atoms with Gasteiger partial charge in [-0.15, -0.1) is 0 Å². The average Bonchev–Trinajstić information content (AvgIpc) is 2.16. The van der Waals surface area contributed by atoms with Crippen molar-refractivity contribution in [3.05, 3.63) is 22.3 Å². The first-order valence-corrected chi connectivity index (χ1v) is 5.82. The standard InChI is InChI=1S/C11H14BrNO/c1-8(14)13-6-2-3-9-7-10(12)4-5-11(9)13/h4-5,9H,2-3,6-7H2,1H3. The molecule has 1 amide bonds. The van der Waals surface area contributed by atoms with Crippen LogP contribution in [0.15, 0.2) is 22.3 Å². The van der Waals surface area contributed by atoms with E-state index in [1.807, 2.05) is 4.90 Å². The molecule has 2 nitrogen and oxygen atoms in total. The third kappa shape index (κ3) is 1.78. The maximum absolute atomic E-state index is 11.4. The number of rotatable bonds is 0. The second kappa shape index (κ2) is 3.89. The van der Waals surface area contributed by atoms with E-state index in [2.05, 4.69) is 28.1 Å². The number of carbonyl (C=O) groups is 1. The Labute approximate surface area is 92.8 Å². The van der Waals surface area contributed by atoms with Crippen molar-refractivity contribution in [1.82, 2.24) is 4.90 Å². The zero-order chi connectivity index (χ0) is 10.1. The van der Waals surface area contributed by atoms with Crippen LogP contribution in [0.3, 0.4) is 0 Å². The second-order valence-corrected chi connectivity index (χ2v) is 4.94. The molecule has 1 heterocycles. The predicted octanol–water partition coefficient (Wildman–Crippen LogP) is 2.81. The lowest BCUT2D eigenvalue weighted by atomic mass is 9.88. The molecule has 76 valence electrons. The lowest BCUT2D eigenvalue weighted by Crippen LogP contribution is -2.37. The maximum Gasteiger partial charge on any atom is 0.223 e. The minimum Gasteiger partial charge on any atom is -0.316 e. The topological polar surface area (TPSA) is 20.3 Å². The predicted molar refractivity (Wildman–Crippen MR) is 59.8 cm³/mol. The SMILES string of the molecule is CC(=O)N1CCCC2CC(Br)=CC=C21. The molecule has 0 aromatic rings. The molecule has 1 aliphatic carbocycles. The van der Waals surface area contributed by atoms with Gasteiger partial charge in [0.25, 0.3) is 0 Å². The van der Waals surface area contributed by atoms with E-state index in [4.69, 9.17) is 0 Å². The van der Waals surface area contributed by atoms with Crippen LogP contribution < -0.4 is 0 Å². The first-order chi connectivity index (χ1) is 6.68. The summed E-state index contributed by atoms with van der Waals surface area (Å²) in [6.45, 7) is 2.54. The van der Waals surface area contributed by atoms with Crippen LogP contribution in [0, 0.1) is 5.92 Å². The van der Waals surface area contributed by atoms with Crippen molar-refractivity contribution in [3.8, 4) is 0 Å². The molecule has 3 heteroatoms. The summed E-state index contributed by atoms with van der Waals surface area (Å²) in [5.74, 6) is 0.722. The highest BCUT2D eigenvalue weighted by Crippen LogP contribution is 2.36. The van der Waals surface area contributed by atoms with Crippen LogP contribution in [0.25, 0.3) is 0 Å².